The van der Waals surface area contributed by atoms with E-state index in [1.807, 2.05) is 13.0 Å². The third-order valence-corrected chi connectivity index (χ3v) is 6.38. The summed E-state index contributed by atoms with van der Waals surface area (Å²) in [6, 6.07) is 22.2. The van der Waals surface area contributed by atoms with Gasteiger partial charge in [-0.2, -0.15) is 0 Å². The van der Waals surface area contributed by atoms with Crippen LogP contribution in [0.15, 0.2) is 83.8 Å². The Hall–Kier alpha value is -3.38. The van der Waals surface area contributed by atoms with Crippen LogP contribution in [0.2, 0.25) is 0 Å². The van der Waals surface area contributed by atoms with Gasteiger partial charge >= 0.3 is 5.97 Å². The molecule has 5 nitrogen and oxygen atoms in total. The fourth-order valence-electron chi connectivity index (χ4n) is 3.37. The van der Waals surface area contributed by atoms with Crippen molar-refractivity contribution in [3.05, 3.63) is 90.1 Å². The highest BCUT2D eigenvalue weighted by molar-refractivity contribution is 7.90. The van der Waals surface area contributed by atoms with Crippen molar-refractivity contribution in [1.29, 1.82) is 0 Å². The maximum Gasteiger partial charge on any atom is 0.354 e. The lowest BCUT2D eigenvalue weighted by Crippen LogP contribution is -2.19. The second-order valence-electron chi connectivity index (χ2n) is 6.49. The van der Waals surface area contributed by atoms with Crippen LogP contribution in [0, 0.1) is 6.92 Å². The van der Waals surface area contributed by atoms with Gasteiger partial charge in [-0.1, -0.05) is 66.2 Å². The number of aryl methyl sites for hydroxylation is 1. The van der Waals surface area contributed by atoms with Gasteiger partial charge < -0.3 is 5.11 Å². The minimum absolute atomic E-state index is 0.0426. The molecule has 1 aromatic heterocycles. The van der Waals surface area contributed by atoms with Crippen molar-refractivity contribution in [3.63, 3.8) is 0 Å². The molecule has 0 radical (unpaired) electrons. The van der Waals surface area contributed by atoms with Crippen LogP contribution in [0.4, 0.5) is 0 Å². The molecule has 28 heavy (non-hydrogen) atoms. The van der Waals surface area contributed by atoms with Gasteiger partial charge in [-0.15, -0.1) is 0 Å². The van der Waals surface area contributed by atoms with Gasteiger partial charge in [0.2, 0.25) is 0 Å². The van der Waals surface area contributed by atoms with Crippen molar-refractivity contribution in [2.75, 3.05) is 0 Å². The Bertz CT molecular complexity index is 1290. The third-order valence-electron chi connectivity index (χ3n) is 4.66. The molecule has 140 valence electrons. The van der Waals surface area contributed by atoms with Crippen molar-refractivity contribution < 1.29 is 18.3 Å². The molecule has 4 rings (SSSR count). The number of rotatable bonds is 4. The van der Waals surface area contributed by atoms with Crippen LogP contribution in [0.25, 0.3) is 22.0 Å². The molecular formula is C22H17NO4S. The summed E-state index contributed by atoms with van der Waals surface area (Å²) in [5.41, 5.74) is 2.01. The van der Waals surface area contributed by atoms with Gasteiger partial charge in [-0.25, -0.2) is 17.2 Å². The van der Waals surface area contributed by atoms with Gasteiger partial charge in [0, 0.05) is 10.9 Å². The lowest BCUT2D eigenvalue weighted by molar-refractivity contribution is 0.0690. The zero-order valence-electron chi connectivity index (χ0n) is 15.0. The molecule has 0 saturated carbocycles. The molecule has 0 bridgehead atoms. The number of hydrogen-bond donors (Lipinski definition) is 1. The van der Waals surface area contributed by atoms with E-state index in [0.29, 0.717) is 22.0 Å². The summed E-state index contributed by atoms with van der Waals surface area (Å²) in [5, 5.41) is 10.5. The Morgan fingerprint density at radius 3 is 2.11 bits per heavy atom. The number of carboxylic acid groups (broad SMARTS) is 1. The summed E-state index contributed by atoms with van der Waals surface area (Å²) in [7, 11) is -4.11. The number of carboxylic acids is 1. The molecule has 1 N–H and O–H groups in total. The van der Waals surface area contributed by atoms with E-state index >= 15 is 0 Å². The number of para-hydroxylation sites is 1. The zero-order valence-corrected chi connectivity index (χ0v) is 15.8. The lowest BCUT2D eigenvalue weighted by Gasteiger charge is -2.11. The van der Waals surface area contributed by atoms with Gasteiger partial charge in [-0.3, -0.25) is 0 Å². The van der Waals surface area contributed by atoms with E-state index in [4.69, 9.17) is 0 Å². The Balaban J connectivity index is 2.14. The second kappa shape index (κ2) is 6.65. The molecule has 0 fully saturated rings. The summed E-state index contributed by atoms with van der Waals surface area (Å²) in [6.45, 7) is 1.86. The molecule has 3 aromatic carbocycles. The van der Waals surface area contributed by atoms with Gasteiger partial charge in [-0.05, 0) is 30.7 Å². The molecule has 0 saturated heterocycles. The van der Waals surface area contributed by atoms with E-state index < -0.39 is 16.0 Å². The number of nitrogens with zero attached hydrogens (tertiary/aromatic N) is 1. The van der Waals surface area contributed by atoms with Gasteiger partial charge in [0.1, 0.15) is 0 Å². The van der Waals surface area contributed by atoms with Gasteiger partial charge in [0.25, 0.3) is 10.0 Å². The second-order valence-corrected chi connectivity index (χ2v) is 8.28. The minimum Gasteiger partial charge on any atom is -0.477 e. The summed E-state index contributed by atoms with van der Waals surface area (Å²) >= 11 is 0. The van der Waals surface area contributed by atoms with E-state index in [1.165, 1.54) is 12.1 Å². The fraction of sp³-hybridized carbons (Fsp3) is 0.0455. The highest BCUT2D eigenvalue weighted by Gasteiger charge is 2.30. The van der Waals surface area contributed by atoms with E-state index in [0.717, 1.165) is 9.54 Å². The first-order valence-corrected chi connectivity index (χ1v) is 10.1. The largest absolute Gasteiger partial charge is 0.477 e. The van der Waals surface area contributed by atoms with Crippen LogP contribution < -0.4 is 0 Å². The number of fused-ring (bicyclic) bond motifs is 1. The van der Waals surface area contributed by atoms with Crippen molar-refractivity contribution >= 4 is 26.9 Å². The maximum absolute atomic E-state index is 13.4. The molecule has 0 aliphatic heterocycles. The van der Waals surface area contributed by atoms with Crippen LogP contribution >= 0.6 is 0 Å². The number of aromatic nitrogens is 1. The van der Waals surface area contributed by atoms with E-state index in [1.54, 1.807) is 60.7 Å². The quantitative estimate of drug-likeness (QED) is 0.554. The third kappa shape index (κ3) is 2.78. The number of carbonyl (C=O) groups is 1. The molecule has 0 unspecified atom stereocenters. The standard InChI is InChI=1S/C22H17NO4S/c1-15-11-13-17(14-12-15)28(26,27)23-19-10-6-5-9-18(19)20(21(23)22(24)25)16-7-3-2-4-8-16/h2-14H,1H3,(H,24,25). The fourth-order valence-corrected chi connectivity index (χ4v) is 4.89. The lowest BCUT2D eigenvalue weighted by atomic mass is 10.0. The van der Waals surface area contributed by atoms with E-state index in [2.05, 4.69) is 0 Å². The molecule has 0 atom stereocenters. The predicted octanol–water partition coefficient (Wildman–Crippen LogP) is 4.55. The predicted molar refractivity (Wildman–Crippen MR) is 108 cm³/mol. The normalized spacial score (nSPS) is 11.6. The van der Waals surface area contributed by atoms with Crippen molar-refractivity contribution in [3.8, 4) is 11.1 Å². The molecule has 6 heteroatoms. The van der Waals surface area contributed by atoms with Crippen LogP contribution in [0.3, 0.4) is 0 Å². The van der Waals surface area contributed by atoms with Crippen LogP contribution in [-0.2, 0) is 10.0 Å². The van der Waals surface area contributed by atoms with Crippen LogP contribution in [0.5, 0.6) is 0 Å². The smallest absolute Gasteiger partial charge is 0.354 e. The highest BCUT2D eigenvalue weighted by Crippen LogP contribution is 2.37. The Kier molecular flexibility index (Phi) is 4.28. The topological polar surface area (TPSA) is 76.4 Å². The average molecular weight is 391 g/mol. The number of benzene rings is 3. The molecule has 0 amide bonds. The first-order valence-electron chi connectivity index (χ1n) is 8.65. The SMILES string of the molecule is Cc1ccc(S(=O)(=O)n2c(C(=O)O)c(-c3ccccc3)c3ccccc32)cc1. The monoisotopic (exact) mass is 391 g/mol. The van der Waals surface area contributed by atoms with Gasteiger partial charge in [0.05, 0.1) is 10.4 Å². The molecule has 0 aliphatic carbocycles. The molecule has 0 spiro atoms. The Morgan fingerprint density at radius 1 is 0.857 bits per heavy atom. The summed E-state index contributed by atoms with van der Waals surface area (Å²) in [6.07, 6.45) is 0. The first kappa shape index (κ1) is 18.0. The Morgan fingerprint density at radius 2 is 1.46 bits per heavy atom. The van der Waals surface area contributed by atoms with Crippen LogP contribution in [0.1, 0.15) is 16.1 Å². The van der Waals surface area contributed by atoms with Crippen LogP contribution in [-0.4, -0.2) is 23.5 Å². The number of hydrogen-bond acceptors (Lipinski definition) is 3. The van der Waals surface area contributed by atoms with Crippen molar-refractivity contribution in [1.82, 2.24) is 3.97 Å². The van der Waals surface area contributed by atoms with E-state index in [-0.39, 0.29) is 10.6 Å². The molecular weight excluding hydrogens is 374 g/mol. The van der Waals surface area contributed by atoms with Crippen molar-refractivity contribution in [2.45, 2.75) is 11.8 Å². The number of aromatic carboxylic acids is 1. The molecule has 1 heterocycles. The summed E-state index contributed by atoms with van der Waals surface area (Å²) < 4.78 is 27.8. The first-order chi connectivity index (χ1) is 13.4. The summed E-state index contributed by atoms with van der Waals surface area (Å²) in [4.78, 5) is 12.3. The Labute approximate surface area is 162 Å². The zero-order chi connectivity index (χ0) is 19.9. The average Bonchev–Trinajstić information content (AvgIpc) is 3.05. The van der Waals surface area contributed by atoms with Gasteiger partial charge in [0.15, 0.2) is 5.69 Å². The summed E-state index contributed by atoms with van der Waals surface area (Å²) in [5.74, 6) is -1.30. The van der Waals surface area contributed by atoms with Crippen molar-refractivity contribution in [2.24, 2.45) is 0 Å². The molecule has 0 aliphatic rings. The van der Waals surface area contributed by atoms with E-state index in [9.17, 15) is 18.3 Å². The molecule has 4 aromatic rings. The minimum atomic E-state index is -4.11. The highest BCUT2D eigenvalue weighted by atomic mass is 32.2. The maximum atomic E-state index is 13.4.